The summed E-state index contributed by atoms with van der Waals surface area (Å²) in [5.41, 5.74) is 2.93. The average Bonchev–Trinajstić information content (AvgIpc) is 2.58. The van der Waals surface area contributed by atoms with Gasteiger partial charge in [0.05, 0.1) is 10.5 Å². The van der Waals surface area contributed by atoms with Crippen LogP contribution in [0.2, 0.25) is 0 Å². The topological polar surface area (TPSA) is 84.7 Å². The van der Waals surface area contributed by atoms with Crippen LogP contribution in [0.1, 0.15) is 5.56 Å². The largest absolute Gasteiger partial charge is 0.435 e. The van der Waals surface area contributed by atoms with E-state index in [0.717, 1.165) is 5.01 Å². The molecule has 2 rings (SSSR count). The number of hydrazine groups is 1. The van der Waals surface area contributed by atoms with Crippen molar-refractivity contribution in [3.8, 4) is 0 Å². The van der Waals surface area contributed by atoms with Gasteiger partial charge in [-0.25, -0.2) is 9.80 Å². The molecule has 1 aromatic carbocycles. The van der Waals surface area contributed by atoms with E-state index in [1.807, 2.05) is 0 Å². The lowest BCUT2D eigenvalue weighted by atomic mass is 10.2. The fraction of sp³-hybridized carbons (Fsp3) is 0.100. The van der Waals surface area contributed by atoms with Crippen LogP contribution in [0.3, 0.4) is 0 Å². The van der Waals surface area contributed by atoms with Gasteiger partial charge in [0.1, 0.15) is 0 Å². The number of ether oxygens (including phenoxy) is 1. The highest BCUT2D eigenvalue weighted by Crippen LogP contribution is 2.21. The molecule has 1 N–H and O–H groups in total. The van der Waals surface area contributed by atoms with E-state index in [1.165, 1.54) is 19.2 Å². The molecule has 7 nitrogen and oxygen atoms in total. The van der Waals surface area contributed by atoms with Gasteiger partial charge in [-0.15, -0.1) is 0 Å². The third-order valence-corrected chi connectivity index (χ3v) is 2.17. The first kappa shape index (κ1) is 10.9. The number of para-hydroxylation sites is 1. The van der Waals surface area contributed by atoms with Crippen molar-refractivity contribution < 1.29 is 14.5 Å². The molecule has 88 valence electrons. The van der Waals surface area contributed by atoms with Gasteiger partial charge in [0.25, 0.3) is 5.69 Å². The fourth-order valence-electron chi connectivity index (χ4n) is 1.38. The minimum absolute atomic E-state index is 0.0487. The number of carbonyl (C=O) groups excluding carboxylic acids is 1. The van der Waals surface area contributed by atoms with Crippen LogP contribution in [0.5, 0.6) is 0 Å². The van der Waals surface area contributed by atoms with Crippen molar-refractivity contribution in [2.45, 2.75) is 0 Å². The summed E-state index contributed by atoms with van der Waals surface area (Å²) in [6.45, 7) is 0. The molecule has 1 saturated heterocycles. The monoisotopic (exact) mass is 235 g/mol. The molecule has 7 heteroatoms. The van der Waals surface area contributed by atoms with Gasteiger partial charge in [-0.2, -0.15) is 0 Å². The second-order valence-electron chi connectivity index (χ2n) is 3.36. The van der Waals surface area contributed by atoms with Crippen LogP contribution in [0, 0.1) is 10.1 Å². The fourth-order valence-corrected chi connectivity index (χ4v) is 1.38. The van der Waals surface area contributed by atoms with Crippen LogP contribution in [-0.2, 0) is 4.74 Å². The predicted octanol–water partition coefficient (Wildman–Crippen LogP) is 1.48. The zero-order valence-corrected chi connectivity index (χ0v) is 8.91. The van der Waals surface area contributed by atoms with Crippen molar-refractivity contribution in [2.24, 2.45) is 0 Å². The summed E-state index contributed by atoms with van der Waals surface area (Å²) in [5, 5.41) is 11.9. The van der Waals surface area contributed by atoms with Crippen LogP contribution >= 0.6 is 0 Å². The highest BCUT2D eigenvalue weighted by atomic mass is 16.6. The van der Waals surface area contributed by atoms with Crippen molar-refractivity contribution >= 4 is 17.9 Å². The standard InChI is InChI=1S/C10H9N3O4/c1-12-10(14)17-9(11-12)6-7-4-2-3-5-8(7)13(15)16/h2-6,11H,1H3/b9-6+. The number of hydrogen-bond acceptors (Lipinski definition) is 5. The van der Waals surface area contributed by atoms with Crippen LogP contribution in [0.15, 0.2) is 30.1 Å². The Hall–Kier alpha value is -2.57. The number of hydrogen-bond donors (Lipinski definition) is 1. The van der Waals surface area contributed by atoms with Crippen molar-refractivity contribution in [3.05, 3.63) is 45.8 Å². The second-order valence-corrected chi connectivity index (χ2v) is 3.36. The van der Waals surface area contributed by atoms with Gasteiger partial charge < -0.3 is 4.74 Å². The third kappa shape index (κ3) is 2.17. The van der Waals surface area contributed by atoms with Gasteiger partial charge in [-0.3, -0.25) is 15.5 Å². The Labute approximate surface area is 96.4 Å². The quantitative estimate of drug-likeness (QED) is 0.619. The Balaban J connectivity index is 2.33. The van der Waals surface area contributed by atoms with Crippen LogP contribution in [0.4, 0.5) is 10.5 Å². The number of nitro groups is 1. The predicted molar refractivity (Wildman–Crippen MR) is 58.5 cm³/mol. The molecule has 0 radical (unpaired) electrons. The Morgan fingerprint density at radius 1 is 1.47 bits per heavy atom. The van der Waals surface area contributed by atoms with E-state index >= 15 is 0 Å². The van der Waals surface area contributed by atoms with Gasteiger partial charge in [0.2, 0.25) is 5.88 Å². The lowest BCUT2D eigenvalue weighted by molar-refractivity contribution is -0.385. The molecular weight excluding hydrogens is 226 g/mol. The van der Waals surface area contributed by atoms with Gasteiger partial charge in [0.15, 0.2) is 0 Å². The molecule has 17 heavy (non-hydrogen) atoms. The number of nitrogens with one attached hydrogen (secondary N) is 1. The third-order valence-electron chi connectivity index (χ3n) is 2.17. The maximum Gasteiger partial charge on any atom is 0.435 e. The average molecular weight is 235 g/mol. The Kier molecular flexibility index (Phi) is 2.65. The van der Waals surface area contributed by atoms with Crippen molar-refractivity contribution in [2.75, 3.05) is 7.05 Å². The van der Waals surface area contributed by atoms with Gasteiger partial charge in [-0.1, -0.05) is 12.1 Å². The van der Waals surface area contributed by atoms with Gasteiger partial charge in [-0.05, 0) is 6.07 Å². The summed E-state index contributed by atoms with van der Waals surface area (Å²) < 4.78 is 4.83. The molecule has 0 aromatic heterocycles. The zero-order valence-electron chi connectivity index (χ0n) is 8.91. The summed E-state index contributed by atoms with van der Waals surface area (Å²) >= 11 is 0. The number of nitrogens with zero attached hydrogens (tertiary/aromatic N) is 2. The maximum absolute atomic E-state index is 11.1. The summed E-state index contributed by atoms with van der Waals surface area (Å²) in [6.07, 6.45) is 0.842. The van der Waals surface area contributed by atoms with Crippen molar-refractivity contribution in [1.82, 2.24) is 10.4 Å². The van der Waals surface area contributed by atoms with Crippen LogP contribution in [0.25, 0.3) is 6.08 Å². The minimum Gasteiger partial charge on any atom is -0.391 e. The second kappa shape index (κ2) is 4.12. The van der Waals surface area contributed by atoms with E-state index in [2.05, 4.69) is 5.43 Å². The molecular formula is C10H9N3O4. The molecule has 1 heterocycles. The number of amides is 1. The molecule has 0 unspecified atom stereocenters. The molecule has 0 saturated carbocycles. The lowest BCUT2D eigenvalue weighted by Crippen LogP contribution is -2.27. The summed E-state index contributed by atoms with van der Waals surface area (Å²) in [6, 6.07) is 6.19. The number of benzene rings is 1. The molecule has 1 amide bonds. The van der Waals surface area contributed by atoms with Crippen molar-refractivity contribution in [1.29, 1.82) is 0 Å². The van der Waals surface area contributed by atoms with E-state index in [-0.39, 0.29) is 11.6 Å². The summed E-state index contributed by atoms with van der Waals surface area (Å²) in [4.78, 5) is 21.3. The van der Waals surface area contributed by atoms with E-state index in [0.29, 0.717) is 5.56 Å². The summed E-state index contributed by atoms with van der Waals surface area (Å²) in [7, 11) is 1.49. The number of cyclic esters (lactones) is 1. The van der Waals surface area contributed by atoms with E-state index in [1.54, 1.807) is 18.2 Å². The molecule has 0 spiro atoms. The first-order valence-corrected chi connectivity index (χ1v) is 4.75. The zero-order chi connectivity index (χ0) is 12.4. The molecule has 1 aliphatic heterocycles. The Morgan fingerprint density at radius 3 is 2.76 bits per heavy atom. The van der Waals surface area contributed by atoms with E-state index in [9.17, 15) is 14.9 Å². The molecule has 1 aromatic rings. The van der Waals surface area contributed by atoms with Crippen LogP contribution in [-0.4, -0.2) is 23.1 Å². The maximum atomic E-state index is 11.1. The molecule has 1 fully saturated rings. The lowest BCUT2D eigenvalue weighted by Gasteiger charge is -2.02. The number of nitro benzene ring substituents is 1. The van der Waals surface area contributed by atoms with Crippen LogP contribution < -0.4 is 5.43 Å². The van der Waals surface area contributed by atoms with E-state index < -0.39 is 11.0 Å². The number of carbonyl (C=O) groups is 1. The first-order valence-electron chi connectivity index (χ1n) is 4.75. The number of rotatable bonds is 2. The molecule has 0 aliphatic carbocycles. The highest BCUT2D eigenvalue weighted by Gasteiger charge is 2.23. The SMILES string of the molecule is CN1N/C(=C\c2ccccc2[N+](=O)[O-])OC1=O. The normalized spacial score (nSPS) is 16.9. The minimum atomic E-state index is -0.560. The highest BCUT2D eigenvalue weighted by molar-refractivity contribution is 5.73. The van der Waals surface area contributed by atoms with Gasteiger partial charge in [0, 0.05) is 19.2 Å². The van der Waals surface area contributed by atoms with Crippen molar-refractivity contribution in [3.63, 3.8) is 0 Å². The Morgan fingerprint density at radius 2 is 2.18 bits per heavy atom. The molecule has 1 aliphatic rings. The summed E-state index contributed by atoms with van der Waals surface area (Å²) in [5.74, 6) is 0.159. The first-order chi connectivity index (χ1) is 8.08. The van der Waals surface area contributed by atoms with E-state index in [4.69, 9.17) is 4.74 Å². The smallest absolute Gasteiger partial charge is 0.391 e. The molecule has 0 bridgehead atoms. The Bertz CT molecular complexity index is 512. The molecule has 0 atom stereocenters. The van der Waals surface area contributed by atoms with Gasteiger partial charge >= 0.3 is 6.09 Å².